The van der Waals surface area contributed by atoms with Crippen LogP contribution in [0.3, 0.4) is 0 Å². The Balaban J connectivity index is 1.83. The Bertz CT molecular complexity index is 444. The standard InChI is InChI=1S/C12H20N6O/c1-9-8-15-12(17-13)16-11(9)14-5-4-10(19)18-6-2-3-7-18/h8H,2-7,13H2,1H3,(H2,14,15,16,17). The predicted octanol–water partition coefficient (Wildman–Crippen LogP) is 0.495. The van der Waals surface area contributed by atoms with E-state index < -0.39 is 0 Å². The summed E-state index contributed by atoms with van der Waals surface area (Å²) in [5.74, 6) is 6.53. The molecule has 1 saturated heterocycles. The molecule has 1 aliphatic heterocycles. The van der Waals surface area contributed by atoms with E-state index in [4.69, 9.17) is 5.84 Å². The van der Waals surface area contributed by atoms with Gasteiger partial charge in [0.1, 0.15) is 5.82 Å². The highest BCUT2D eigenvalue weighted by Gasteiger charge is 2.17. The number of nitrogens with one attached hydrogen (secondary N) is 2. The molecule has 0 aliphatic carbocycles. The van der Waals surface area contributed by atoms with E-state index in [1.807, 2.05) is 11.8 Å². The van der Waals surface area contributed by atoms with E-state index in [1.165, 1.54) is 0 Å². The molecular weight excluding hydrogens is 244 g/mol. The van der Waals surface area contributed by atoms with E-state index in [2.05, 4.69) is 20.7 Å². The number of aryl methyl sites for hydroxylation is 1. The molecule has 0 atom stereocenters. The second-order valence-corrected chi connectivity index (χ2v) is 4.63. The highest BCUT2D eigenvalue weighted by molar-refractivity contribution is 5.77. The van der Waals surface area contributed by atoms with Crippen LogP contribution < -0.4 is 16.6 Å². The number of nitrogen functional groups attached to an aromatic ring is 1. The van der Waals surface area contributed by atoms with Crippen LogP contribution in [0.1, 0.15) is 24.8 Å². The molecule has 7 heteroatoms. The molecule has 0 bridgehead atoms. The average molecular weight is 264 g/mol. The first-order valence-corrected chi connectivity index (χ1v) is 6.52. The first kappa shape index (κ1) is 13.5. The number of amides is 1. The molecule has 0 unspecified atom stereocenters. The molecule has 1 aromatic heterocycles. The summed E-state index contributed by atoms with van der Waals surface area (Å²) in [4.78, 5) is 22.0. The van der Waals surface area contributed by atoms with Crippen LogP contribution in [0.5, 0.6) is 0 Å². The Kier molecular flexibility index (Phi) is 4.51. The molecule has 19 heavy (non-hydrogen) atoms. The minimum Gasteiger partial charge on any atom is -0.369 e. The van der Waals surface area contributed by atoms with Crippen LogP contribution in [0.4, 0.5) is 11.8 Å². The molecule has 4 N–H and O–H groups in total. The molecule has 104 valence electrons. The van der Waals surface area contributed by atoms with Gasteiger partial charge in [-0.3, -0.25) is 10.2 Å². The summed E-state index contributed by atoms with van der Waals surface area (Å²) >= 11 is 0. The fourth-order valence-electron chi connectivity index (χ4n) is 2.10. The van der Waals surface area contributed by atoms with Gasteiger partial charge in [-0.05, 0) is 19.8 Å². The van der Waals surface area contributed by atoms with E-state index in [9.17, 15) is 4.79 Å². The van der Waals surface area contributed by atoms with Crippen molar-refractivity contribution in [3.63, 3.8) is 0 Å². The van der Waals surface area contributed by atoms with E-state index in [0.717, 1.165) is 31.5 Å². The van der Waals surface area contributed by atoms with Crippen LogP contribution >= 0.6 is 0 Å². The van der Waals surface area contributed by atoms with Crippen LogP contribution in [-0.4, -0.2) is 40.4 Å². The SMILES string of the molecule is Cc1cnc(NN)nc1NCCC(=O)N1CCCC1. The highest BCUT2D eigenvalue weighted by atomic mass is 16.2. The Morgan fingerprint density at radius 3 is 2.89 bits per heavy atom. The number of rotatable bonds is 5. The van der Waals surface area contributed by atoms with Gasteiger partial charge in [0.25, 0.3) is 0 Å². The van der Waals surface area contributed by atoms with Crippen molar-refractivity contribution in [2.45, 2.75) is 26.2 Å². The summed E-state index contributed by atoms with van der Waals surface area (Å²) in [7, 11) is 0. The summed E-state index contributed by atoms with van der Waals surface area (Å²) in [6.07, 6.45) is 4.41. The molecule has 0 aromatic carbocycles. The van der Waals surface area contributed by atoms with Crippen LogP contribution in [-0.2, 0) is 4.79 Å². The number of likely N-dealkylation sites (tertiary alicyclic amines) is 1. The van der Waals surface area contributed by atoms with Crippen molar-refractivity contribution in [3.05, 3.63) is 11.8 Å². The lowest BCUT2D eigenvalue weighted by Crippen LogP contribution is -2.29. The monoisotopic (exact) mass is 264 g/mol. The van der Waals surface area contributed by atoms with E-state index >= 15 is 0 Å². The van der Waals surface area contributed by atoms with E-state index in [-0.39, 0.29) is 5.91 Å². The fourth-order valence-corrected chi connectivity index (χ4v) is 2.10. The summed E-state index contributed by atoms with van der Waals surface area (Å²) < 4.78 is 0. The Morgan fingerprint density at radius 2 is 2.21 bits per heavy atom. The van der Waals surface area contributed by atoms with Gasteiger partial charge in [0.2, 0.25) is 11.9 Å². The van der Waals surface area contributed by atoms with Crippen LogP contribution in [0.25, 0.3) is 0 Å². The van der Waals surface area contributed by atoms with Gasteiger partial charge in [-0.15, -0.1) is 0 Å². The molecule has 2 rings (SSSR count). The maximum absolute atomic E-state index is 11.9. The van der Waals surface area contributed by atoms with Gasteiger partial charge in [0, 0.05) is 37.8 Å². The summed E-state index contributed by atoms with van der Waals surface area (Å²) in [6.45, 7) is 4.27. The van der Waals surface area contributed by atoms with Crippen LogP contribution in [0.15, 0.2) is 6.20 Å². The third-order valence-corrected chi connectivity index (χ3v) is 3.19. The molecule has 0 radical (unpaired) electrons. The van der Waals surface area contributed by atoms with Crippen molar-refractivity contribution in [1.29, 1.82) is 0 Å². The lowest BCUT2D eigenvalue weighted by atomic mass is 10.3. The van der Waals surface area contributed by atoms with Gasteiger partial charge < -0.3 is 10.2 Å². The minimum atomic E-state index is 0.203. The third-order valence-electron chi connectivity index (χ3n) is 3.19. The van der Waals surface area contributed by atoms with Crippen molar-refractivity contribution < 1.29 is 4.79 Å². The zero-order valence-corrected chi connectivity index (χ0v) is 11.1. The number of hydrazine groups is 1. The largest absolute Gasteiger partial charge is 0.369 e. The van der Waals surface area contributed by atoms with Crippen molar-refractivity contribution >= 4 is 17.7 Å². The second-order valence-electron chi connectivity index (χ2n) is 4.63. The number of hydrogen-bond acceptors (Lipinski definition) is 6. The molecule has 2 heterocycles. The van der Waals surface area contributed by atoms with E-state index in [0.29, 0.717) is 24.7 Å². The van der Waals surface area contributed by atoms with Gasteiger partial charge in [0.15, 0.2) is 0 Å². The number of carbonyl (C=O) groups excluding carboxylic acids is 1. The van der Waals surface area contributed by atoms with Crippen molar-refractivity contribution in [1.82, 2.24) is 14.9 Å². The summed E-state index contributed by atoms with van der Waals surface area (Å²) in [5, 5.41) is 3.15. The maximum atomic E-state index is 11.9. The van der Waals surface area contributed by atoms with Crippen LogP contribution in [0, 0.1) is 6.92 Å². The number of hydrogen-bond donors (Lipinski definition) is 3. The highest BCUT2D eigenvalue weighted by Crippen LogP contribution is 2.13. The Labute approximate surface area is 112 Å². The van der Waals surface area contributed by atoms with Gasteiger partial charge >= 0.3 is 0 Å². The molecule has 0 spiro atoms. The number of carbonyl (C=O) groups is 1. The minimum absolute atomic E-state index is 0.203. The zero-order valence-electron chi connectivity index (χ0n) is 11.1. The molecule has 0 saturated carbocycles. The van der Waals surface area contributed by atoms with Crippen molar-refractivity contribution in [2.24, 2.45) is 5.84 Å². The molecule has 1 aliphatic rings. The summed E-state index contributed by atoms with van der Waals surface area (Å²) in [5.41, 5.74) is 3.32. The topological polar surface area (TPSA) is 96.2 Å². The predicted molar refractivity (Wildman–Crippen MR) is 73.5 cm³/mol. The number of nitrogens with two attached hydrogens (primary N) is 1. The van der Waals surface area contributed by atoms with Gasteiger partial charge in [0.05, 0.1) is 0 Å². The van der Waals surface area contributed by atoms with Gasteiger partial charge in [-0.1, -0.05) is 0 Å². The Morgan fingerprint density at radius 1 is 1.47 bits per heavy atom. The first-order valence-electron chi connectivity index (χ1n) is 6.52. The lowest BCUT2D eigenvalue weighted by Gasteiger charge is -2.15. The van der Waals surface area contributed by atoms with Crippen molar-refractivity contribution in [3.8, 4) is 0 Å². The van der Waals surface area contributed by atoms with E-state index in [1.54, 1.807) is 6.20 Å². The normalized spacial score (nSPS) is 14.5. The quantitative estimate of drug-likeness (QED) is 0.529. The molecule has 7 nitrogen and oxygen atoms in total. The molecule has 1 amide bonds. The van der Waals surface area contributed by atoms with Gasteiger partial charge in [-0.2, -0.15) is 4.98 Å². The molecule has 1 aromatic rings. The molecular formula is C12H20N6O. The first-order chi connectivity index (χ1) is 9.20. The summed E-state index contributed by atoms with van der Waals surface area (Å²) in [6, 6.07) is 0. The second kappa shape index (κ2) is 6.33. The number of aromatic nitrogens is 2. The number of anilines is 2. The third kappa shape index (κ3) is 3.54. The van der Waals surface area contributed by atoms with Crippen LogP contribution in [0.2, 0.25) is 0 Å². The van der Waals surface area contributed by atoms with Gasteiger partial charge in [-0.25, -0.2) is 10.8 Å². The number of nitrogens with zero attached hydrogens (tertiary/aromatic N) is 3. The van der Waals surface area contributed by atoms with Crippen molar-refractivity contribution in [2.75, 3.05) is 30.4 Å². The average Bonchev–Trinajstić information content (AvgIpc) is 2.95. The lowest BCUT2D eigenvalue weighted by molar-refractivity contribution is -0.129. The zero-order chi connectivity index (χ0) is 13.7. The smallest absolute Gasteiger partial charge is 0.239 e. The molecule has 1 fully saturated rings. The fraction of sp³-hybridized carbons (Fsp3) is 0.583. The maximum Gasteiger partial charge on any atom is 0.239 e. The Hall–Kier alpha value is -1.89.